The van der Waals surface area contributed by atoms with Crippen molar-refractivity contribution in [2.45, 2.75) is 20.3 Å². The predicted molar refractivity (Wildman–Crippen MR) is 90.6 cm³/mol. The predicted octanol–water partition coefficient (Wildman–Crippen LogP) is 4.11. The lowest BCUT2D eigenvalue weighted by Gasteiger charge is -2.11. The number of benzene rings is 2. The molecule has 0 aliphatic rings. The van der Waals surface area contributed by atoms with Gasteiger partial charge in [-0.1, -0.05) is 25.1 Å². The first kappa shape index (κ1) is 16.6. The Morgan fingerprint density at radius 3 is 2.61 bits per heavy atom. The average Bonchev–Trinajstić information content (AvgIpc) is 2.51. The van der Waals surface area contributed by atoms with Gasteiger partial charge in [-0.05, 0) is 60.4 Å². The van der Waals surface area contributed by atoms with Crippen LogP contribution >= 0.6 is 0 Å². The number of carboxylic acid groups (broad SMARTS) is 1. The number of aryl methyl sites for hydroxylation is 1. The fraction of sp³-hybridized carbons (Fsp3) is 0.211. The Balaban J connectivity index is 2.40. The van der Waals surface area contributed by atoms with E-state index < -0.39 is 5.97 Å². The van der Waals surface area contributed by atoms with E-state index in [1.807, 2.05) is 19.9 Å². The molecule has 0 heterocycles. The molecule has 0 spiro atoms. The molecule has 0 fully saturated rings. The second-order valence-corrected chi connectivity index (χ2v) is 5.28. The SMILES string of the molecule is CCCOc1ccc(/C(=C/c2cccc(O)c2)C(=O)O)c(C)c1. The Labute approximate surface area is 135 Å². The van der Waals surface area contributed by atoms with E-state index in [1.165, 1.54) is 6.07 Å². The molecule has 4 heteroatoms. The highest BCUT2D eigenvalue weighted by atomic mass is 16.5. The van der Waals surface area contributed by atoms with Gasteiger partial charge in [0.05, 0.1) is 12.2 Å². The maximum absolute atomic E-state index is 11.6. The van der Waals surface area contributed by atoms with Crippen molar-refractivity contribution >= 4 is 17.6 Å². The van der Waals surface area contributed by atoms with Crippen molar-refractivity contribution in [2.24, 2.45) is 0 Å². The third kappa shape index (κ3) is 4.36. The van der Waals surface area contributed by atoms with Crippen molar-refractivity contribution in [1.82, 2.24) is 0 Å². The van der Waals surface area contributed by atoms with Crippen molar-refractivity contribution in [3.8, 4) is 11.5 Å². The van der Waals surface area contributed by atoms with Crippen LogP contribution in [0.1, 0.15) is 30.0 Å². The summed E-state index contributed by atoms with van der Waals surface area (Å²) in [7, 11) is 0. The summed E-state index contributed by atoms with van der Waals surface area (Å²) in [5.41, 5.74) is 2.26. The highest BCUT2D eigenvalue weighted by Gasteiger charge is 2.14. The molecule has 2 rings (SSSR count). The molecule has 4 nitrogen and oxygen atoms in total. The van der Waals surface area contributed by atoms with Crippen LogP contribution in [0.3, 0.4) is 0 Å². The number of phenols is 1. The van der Waals surface area contributed by atoms with E-state index in [2.05, 4.69) is 0 Å². The fourth-order valence-electron chi connectivity index (χ4n) is 2.28. The number of hydrogen-bond donors (Lipinski definition) is 2. The number of ether oxygens (including phenoxy) is 1. The van der Waals surface area contributed by atoms with Crippen LogP contribution in [0.4, 0.5) is 0 Å². The van der Waals surface area contributed by atoms with Crippen LogP contribution in [0.5, 0.6) is 11.5 Å². The summed E-state index contributed by atoms with van der Waals surface area (Å²) < 4.78 is 5.57. The Kier molecular flexibility index (Phi) is 5.41. The standard InChI is InChI=1S/C19H20O4/c1-3-9-23-16-7-8-17(13(2)10-16)18(19(21)22)12-14-5-4-6-15(20)11-14/h4-8,10-12,20H,3,9H2,1-2H3,(H,21,22)/b18-12-. The first-order valence-corrected chi connectivity index (χ1v) is 7.49. The first-order chi connectivity index (χ1) is 11.0. The molecule has 0 amide bonds. The largest absolute Gasteiger partial charge is 0.508 e. The molecule has 0 atom stereocenters. The van der Waals surface area contributed by atoms with Crippen LogP contribution in [-0.2, 0) is 4.79 Å². The third-order valence-corrected chi connectivity index (χ3v) is 3.37. The number of phenolic OH excluding ortho intramolecular Hbond substituents is 1. The molecule has 23 heavy (non-hydrogen) atoms. The zero-order chi connectivity index (χ0) is 16.8. The summed E-state index contributed by atoms with van der Waals surface area (Å²) in [5.74, 6) is -0.183. The lowest BCUT2D eigenvalue weighted by atomic mass is 9.98. The molecule has 2 aromatic rings. The van der Waals surface area contributed by atoms with Crippen LogP contribution in [-0.4, -0.2) is 22.8 Å². The second kappa shape index (κ2) is 7.49. The highest BCUT2D eigenvalue weighted by Crippen LogP contribution is 2.26. The van der Waals surface area contributed by atoms with Gasteiger partial charge >= 0.3 is 5.97 Å². The Morgan fingerprint density at radius 2 is 2.00 bits per heavy atom. The molecule has 0 aromatic heterocycles. The van der Waals surface area contributed by atoms with Crippen molar-refractivity contribution in [3.63, 3.8) is 0 Å². The number of aromatic hydroxyl groups is 1. The van der Waals surface area contributed by atoms with Crippen LogP contribution in [0.2, 0.25) is 0 Å². The molecular formula is C19H20O4. The van der Waals surface area contributed by atoms with Crippen molar-refractivity contribution in [3.05, 3.63) is 59.2 Å². The number of rotatable bonds is 6. The summed E-state index contributed by atoms with van der Waals surface area (Å²) in [6, 6.07) is 11.9. The van der Waals surface area contributed by atoms with Crippen LogP contribution in [0, 0.1) is 6.92 Å². The Hall–Kier alpha value is -2.75. The van der Waals surface area contributed by atoms with Gasteiger partial charge in [0, 0.05) is 0 Å². The van der Waals surface area contributed by atoms with Gasteiger partial charge in [-0.3, -0.25) is 0 Å². The Bertz CT molecular complexity index is 732. The molecular weight excluding hydrogens is 292 g/mol. The molecule has 0 saturated heterocycles. The summed E-state index contributed by atoms with van der Waals surface area (Å²) in [4.78, 5) is 11.6. The van der Waals surface area contributed by atoms with Crippen LogP contribution in [0.25, 0.3) is 11.6 Å². The van der Waals surface area contributed by atoms with Gasteiger partial charge in [0.1, 0.15) is 11.5 Å². The molecule has 0 radical (unpaired) electrons. The molecule has 0 aliphatic carbocycles. The number of carboxylic acids is 1. The second-order valence-electron chi connectivity index (χ2n) is 5.28. The summed E-state index contributed by atoms with van der Waals surface area (Å²) in [6.07, 6.45) is 2.47. The van der Waals surface area contributed by atoms with Gasteiger partial charge in [-0.2, -0.15) is 0 Å². The van der Waals surface area contributed by atoms with E-state index in [0.29, 0.717) is 17.7 Å². The van der Waals surface area contributed by atoms with Gasteiger partial charge < -0.3 is 14.9 Å². The van der Waals surface area contributed by atoms with E-state index in [1.54, 1.807) is 36.4 Å². The maximum atomic E-state index is 11.6. The topological polar surface area (TPSA) is 66.8 Å². The molecule has 0 bridgehead atoms. The number of carbonyl (C=O) groups is 1. The average molecular weight is 312 g/mol. The fourth-order valence-corrected chi connectivity index (χ4v) is 2.28. The van der Waals surface area contributed by atoms with Crippen molar-refractivity contribution in [1.29, 1.82) is 0 Å². The lowest BCUT2D eigenvalue weighted by molar-refractivity contribution is -0.130. The lowest BCUT2D eigenvalue weighted by Crippen LogP contribution is -2.02. The van der Waals surface area contributed by atoms with Crippen molar-refractivity contribution in [2.75, 3.05) is 6.61 Å². The smallest absolute Gasteiger partial charge is 0.336 e. The molecule has 120 valence electrons. The van der Waals surface area contributed by atoms with E-state index in [9.17, 15) is 15.0 Å². The minimum Gasteiger partial charge on any atom is -0.508 e. The van der Waals surface area contributed by atoms with E-state index in [-0.39, 0.29) is 11.3 Å². The van der Waals surface area contributed by atoms with Gasteiger partial charge in [-0.15, -0.1) is 0 Å². The summed E-state index contributed by atoms with van der Waals surface area (Å²) in [6.45, 7) is 4.51. The van der Waals surface area contributed by atoms with Gasteiger partial charge in [0.2, 0.25) is 0 Å². The normalized spacial score (nSPS) is 11.3. The monoisotopic (exact) mass is 312 g/mol. The maximum Gasteiger partial charge on any atom is 0.336 e. The highest BCUT2D eigenvalue weighted by molar-refractivity contribution is 6.21. The first-order valence-electron chi connectivity index (χ1n) is 7.49. The van der Waals surface area contributed by atoms with E-state index in [4.69, 9.17) is 4.74 Å². The number of hydrogen-bond acceptors (Lipinski definition) is 3. The quantitative estimate of drug-likeness (QED) is 0.622. The van der Waals surface area contributed by atoms with Crippen LogP contribution < -0.4 is 4.74 Å². The van der Waals surface area contributed by atoms with Crippen LogP contribution in [0.15, 0.2) is 42.5 Å². The minimum absolute atomic E-state index is 0.100. The number of aliphatic carboxylic acids is 1. The van der Waals surface area contributed by atoms with Gasteiger partial charge in [0.25, 0.3) is 0 Å². The Morgan fingerprint density at radius 1 is 1.22 bits per heavy atom. The molecule has 0 unspecified atom stereocenters. The van der Waals surface area contributed by atoms with Gasteiger partial charge in [-0.25, -0.2) is 4.79 Å². The third-order valence-electron chi connectivity index (χ3n) is 3.37. The van der Waals surface area contributed by atoms with E-state index in [0.717, 1.165) is 17.7 Å². The zero-order valence-corrected chi connectivity index (χ0v) is 13.2. The van der Waals surface area contributed by atoms with Gasteiger partial charge in [0.15, 0.2) is 0 Å². The molecule has 2 aromatic carbocycles. The summed E-state index contributed by atoms with van der Waals surface area (Å²) in [5, 5.41) is 19.0. The summed E-state index contributed by atoms with van der Waals surface area (Å²) >= 11 is 0. The minimum atomic E-state index is -1.02. The van der Waals surface area contributed by atoms with Crippen molar-refractivity contribution < 1.29 is 19.7 Å². The molecule has 0 saturated carbocycles. The van der Waals surface area contributed by atoms with E-state index >= 15 is 0 Å². The zero-order valence-electron chi connectivity index (χ0n) is 13.2. The molecule has 2 N–H and O–H groups in total. The molecule has 0 aliphatic heterocycles.